The summed E-state index contributed by atoms with van der Waals surface area (Å²) in [6.45, 7) is 0.884. The van der Waals surface area contributed by atoms with Crippen LogP contribution in [0.1, 0.15) is 10.8 Å². The van der Waals surface area contributed by atoms with Crippen molar-refractivity contribution in [2.24, 2.45) is 0 Å². The number of aromatic nitrogens is 1. The molecule has 7 nitrogen and oxygen atoms in total. The molecule has 2 atom stereocenters. The van der Waals surface area contributed by atoms with E-state index in [-0.39, 0.29) is 23.6 Å². The second-order valence-electron chi connectivity index (χ2n) is 6.27. The van der Waals surface area contributed by atoms with Crippen LogP contribution in [0.2, 0.25) is 0 Å². The maximum atomic E-state index is 11.6. The standard InChI is InChI=1S/C20H19IN2O5S/c21-14-7-4-8-22-19(14)29-18(13-5-2-1-3-6-13)16-12-23(9-10-28-16)15(20(26)27)11-17(24)25/h1-8,11,16,18H,9-10,12H2,(H,24,25)(H,26,27)/b15-11-/t16-,18-/m0/s1. The molecule has 0 aliphatic carbocycles. The number of rotatable bonds is 7. The van der Waals surface area contributed by atoms with Crippen LogP contribution in [0.3, 0.4) is 0 Å². The molecule has 2 heterocycles. The lowest BCUT2D eigenvalue weighted by molar-refractivity contribution is -0.137. The second-order valence-corrected chi connectivity index (χ2v) is 8.56. The number of ether oxygens (including phenoxy) is 1. The predicted octanol–water partition coefficient (Wildman–Crippen LogP) is 3.27. The highest BCUT2D eigenvalue weighted by atomic mass is 127. The fraction of sp³-hybridized carbons (Fsp3) is 0.250. The largest absolute Gasteiger partial charge is 0.478 e. The summed E-state index contributed by atoms with van der Waals surface area (Å²) in [4.78, 5) is 28.7. The van der Waals surface area contributed by atoms with Gasteiger partial charge in [0.05, 0.1) is 24.0 Å². The van der Waals surface area contributed by atoms with Crippen molar-refractivity contribution in [1.82, 2.24) is 9.88 Å². The number of carbonyl (C=O) groups is 2. The van der Waals surface area contributed by atoms with E-state index in [1.807, 2.05) is 42.5 Å². The number of aliphatic carboxylic acids is 2. The van der Waals surface area contributed by atoms with Crippen LogP contribution in [-0.4, -0.2) is 57.8 Å². The molecule has 2 N–H and O–H groups in total. The Morgan fingerprint density at radius 2 is 2.00 bits per heavy atom. The average molecular weight is 526 g/mol. The third-order valence-corrected chi connectivity index (χ3v) is 6.96. The van der Waals surface area contributed by atoms with Gasteiger partial charge in [0.2, 0.25) is 0 Å². The third-order valence-electron chi connectivity index (χ3n) is 4.34. The van der Waals surface area contributed by atoms with Crippen LogP contribution < -0.4 is 0 Å². The minimum absolute atomic E-state index is 0.137. The summed E-state index contributed by atoms with van der Waals surface area (Å²) in [5.74, 6) is -2.56. The molecule has 152 valence electrons. The number of carboxylic acids is 2. The number of benzene rings is 1. The Morgan fingerprint density at radius 1 is 1.24 bits per heavy atom. The molecule has 0 bridgehead atoms. The number of morpholine rings is 1. The van der Waals surface area contributed by atoms with E-state index in [4.69, 9.17) is 9.84 Å². The quantitative estimate of drug-likeness (QED) is 0.322. The van der Waals surface area contributed by atoms with Gasteiger partial charge in [0.25, 0.3) is 0 Å². The molecule has 1 aromatic carbocycles. The van der Waals surface area contributed by atoms with E-state index in [9.17, 15) is 14.7 Å². The molecule has 29 heavy (non-hydrogen) atoms. The van der Waals surface area contributed by atoms with Crippen molar-refractivity contribution in [2.75, 3.05) is 19.7 Å². The lowest BCUT2D eigenvalue weighted by Crippen LogP contribution is -2.45. The van der Waals surface area contributed by atoms with E-state index in [1.54, 1.807) is 22.9 Å². The van der Waals surface area contributed by atoms with E-state index >= 15 is 0 Å². The summed E-state index contributed by atoms with van der Waals surface area (Å²) in [5.41, 5.74) is 0.792. The Balaban J connectivity index is 1.90. The van der Waals surface area contributed by atoms with Crippen molar-refractivity contribution < 1.29 is 24.5 Å². The van der Waals surface area contributed by atoms with E-state index < -0.39 is 11.9 Å². The van der Waals surface area contributed by atoms with Crippen LogP contribution >= 0.6 is 34.4 Å². The molecule has 2 aromatic rings. The number of carboxylic acid groups (broad SMARTS) is 2. The highest BCUT2D eigenvalue weighted by molar-refractivity contribution is 14.1. The molecule has 1 saturated heterocycles. The van der Waals surface area contributed by atoms with Crippen molar-refractivity contribution in [3.63, 3.8) is 0 Å². The zero-order valence-corrected chi connectivity index (χ0v) is 18.2. The Morgan fingerprint density at radius 3 is 2.66 bits per heavy atom. The van der Waals surface area contributed by atoms with E-state index in [0.717, 1.165) is 20.2 Å². The highest BCUT2D eigenvalue weighted by Gasteiger charge is 2.33. The molecule has 0 saturated carbocycles. The maximum absolute atomic E-state index is 11.6. The predicted molar refractivity (Wildman–Crippen MR) is 117 cm³/mol. The Kier molecular flexibility index (Phi) is 7.51. The summed E-state index contributed by atoms with van der Waals surface area (Å²) in [6.07, 6.45) is 2.13. The molecule has 0 unspecified atom stereocenters. The first-order chi connectivity index (χ1) is 14.0. The van der Waals surface area contributed by atoms with Gasteiger partial charge in [0.1, 0.15) is 10.7 Å². The zero-order valence-electron chi connectivity index (χ0n) is 15.3. The number of nitrogens with zero attached hydrogens (tertiary/aromatic N) is 2. The second kappa shape index (κ2) is 10.1. The molecule has 9 heteroatoms. The van der Waals surface area contributed by atoms with Crippen molar-refractivity contribution >= 4 is 46.3 Å². The normalized spacial score (nSPS) is 18.3. The molecule has 1 aromatic heterocycles. The molecular formula is C20H19IN2O5S. The molecule has 1 aliphatic heterocycles. The van der Waals surface area contributed by atoms with Gasteiger partial charge in [-0.1, -0.05) is 42.1 Å². The molecule has 3 rings (SSSR count). The van der Waals surface area contributed by atoms with Crippen molar-refractivity contribution in [1.29, 1.82) is 0 Å². The summed E-state index contributed by atoms with van der Waals surface area (Å²) in [5, 5.41) is 19.2. The topological polar surface area (TPSA) is 100.0 Å². The van der Waals surface area contributed by atoms with Gasteiger partial charge >= 0.3 is 11.9 Å². The Hall–Kier alpha value is -2.11. The van der Waals surface area contributed by atoms with E-state index in [1.165, 1.54) is 0 Å². The van der Waals surface area contributed by atoms with Gasteiger partial charge in [0.15, 0.2) is 0 Å². The summed E-state index contributed by atoms with van der Waals surface area (Å²) >= 11 is 3.79. The van der Waals surface area contributed by atoms with Gasteiger partial charge in [-0.25, -0.2) is 14.6 Å². The van der Waals surface area contributed by atoms with Crippen molar-refractivity contribution in [2.45, 2.75) is 16.4 Å². The first-order valence-corrected chi connectivity index (χ1v) is 10.8. The maximum Gasteiger partial charge on any atom is 0.352 e. The van der Waals surface area contributed by atoms with Gasteiger partial charge < -0.3 is 19.8 Å². The van der Waals surface area contributed by atoms with Gasteiger partial charge in [-0.05, 0) is 40.3 Å². The van der Waals surface area contributed by atoms with Gasteiger partial charge in [-0.15, -0.1) is 0 Å². The van der Waals surface area contributed by atoms with Gasteiger partial charge in [-0.3, -0.25) is 0 Å². The summed E-state index contributed by atoms with van der Waals surface area (Å²) in [6, 6.07) is 13.7. The summed E-state index contributed by atoms with van der Waals surface area (Å²) in [7, 11) is 0. The zero-order chi connectivity index (χ0) is 20.8. The monoisotopic (exact) mass is 526 g/mol. The van der Waals surface area contributed by atoms with Crippen LogP contribution in [0, 0.1) is 3.57 Å². The van der Waals surface area contributed by atoms with Crippen LogP contribution in [0.25, 0.3) is 0 Å². The van der Waals surface area contributed by atoms with E-state index in [0.29, 0.717) is 13.2 Å². The number of pyridine rings is 1. The number of halogens is 1. The molecule has 0 radical (unpaired) electrons. The van der Waals surface area contributed by atoms with Crippen molar-refractivity contribution in [3.05, 3.63) is 69.6 Å². The highest BCUT2D eigenvalue weighted by Crippen LogP contribution is 2.41. The van der Waals surface area contributed by atoms with Crippen LogP contribution in [0.5, 0.6) is 0 Å². The van der Waals surface area contributed by atoms with E-state index in [2.05, 4.69) is 27.6 Å². The fourth-order valence-electron chi connectivity index (χ4n) is 3.06. The molecule has 0 spiro atoms. The lowest BCUT2D eigenvalue weighted by Gasteiger charge is -2.38. The Bertz CT molecular complexity index is 909. The molecule has 1 fully saturated rings. The van der Waals surface area contributed by atoms with Crippen LogP contribution in [-0.2, 0) is 14.3 Å². The fourth-order valence-corrected chi connectivity index (χ4v) is 4.94. The van der Waals surface area contributed by atoms with Crippen molar-refractivity contribution in [3.8, 4) is 0 Å². The number of hydrogen-bond acceptors (Lipinski definition) is 6. The third kappa shape index (κ3) is 5.71. The van der Waals surface area contributed by atoms with Gasteiger partial charge in [-0.2, -0.15) is 0 Å². The first kappa shape index (κ1) is 21.6. The molecule has 1 aliphatic rings. The molecule has 0 amide bonds. The van der Waals surface area contributed by atoms with Crippen LogP contribution in [0.4, 0.5) is 0 Å². The van der Waals surface area contributed by atoms with Crippen LogP contribution in [0.15, 0.2) is 65.5 Å². The average Bonchev–Trinajstić information content (AvgIpc) is 2.72. The minimum atomic E-state index is -1.29. The smallest absolute Gasteiger partial charge is 0.352 e. The lowest BCUT2D eigenvalue weighted by atomic mass is 10.1. The first-order valence-electron chi connectivity index (χ1n) is 8.82. The van der Waals surface area contributed by atoms with Gasteiger partial charge in [0, 0.05) is 22.9 Å². The summed E-state index contributed by atoms with van der Waals surface area (Å²) < 4.78 is 7.03. The molecular weight excluding hydrogens is 507 g/mol. The number of thioether (sulfide) groups is 1. The SMILES string of the molecule is O=C(O)/C=C(/C(=O)O)N1CCO[C@H]([C@@H](Sc2ncccc2I)c2ccccc2)C1. The minimum Gasteiger partial charge on any atom is -0.478 e. The number of hydrogen-bond donors (Lipinski definition) is 2. The Labute approximate surface area is 185 Å².